The Morgan fingerprint density at radius 3 is 2.65 bits per heavy atom. The lowest BCUT2D eigenvalue weighted by atomic mass is 10.1. The molecule has 128 valence electrons. The van der Waals surface area contributed by atoms with Gasteiger partial charge in [-0.3, -0.25) is 4.31 Å². The van der Waals surface area contributed by atoms with Crippen molar-refractivity contribution in [2.45, 2.75) is 25.3 Å². The van der Waals surface area contributed by atoms with Gasteiger partial charge in [-0.05, 0) is 12.8 Å². The van der Waals surface area contributed by atoms with Crippen molar-refractivity contribution in [2.75, 3.05) is 38.5 Å². The van der Waals surface area contributed by atoms with E-state index in [9.17, 15) is 8.42 Å². The average molecular weight is 340 g/mol. The molecular weight excluding hydrogens is 316 g/mol. The molecule has 0 spiro atoms. The van der Waals surface area contributed by atoms with Crippen LogP contribution in [-0.2, 0) is 21.2 Å². The summed E-state index contributed by atoms with van der Waals surface area (Å²) in [4.78, 5) is 10.8. The van der Waals surface area contributed by atoms with E-state index in [1.165, 1.54) is 17.6 Å². The molecule has 0 amide bonds. The topological polar surface area (TPSA) is 75.6 Å². The molecule has 0 saturated carbocycles. The molecule has 23 heavy (non-hydrogen) atoms. The van der Waals surface area contributed by atoms with Crippen LogP contribution in [0.5, 0.6) is 0 Å². The van der Waals surface area contributed by atoms with Crippen molar-refractivity contribution in [1.29, 1.82) is 0 Å². The molecule has 8 heteroatoms. The van der Waals surface area contributed by atoms with E-state index in [2.05, 4.69) is 14.9 Å². The van der Waals surface area contributed by atoms with Crippen LogP contribution in [-0.4, -0.2) is 62.3 Å². The second-order valence-corrected chi connectivity index (χ2v) is 7.73. The van der Waals surface area contributed by atoms with Gasteiger partial charge in [0.2, 0.25) is 10.0 Å². The fraction of sp³-hybridized carbons (Fsp3) is 0.600. The average Bonchev–Trinajstić information content (AvgIpc) is 2.54. The second kappa shape index (κ2) is 7.74. The minimum Gasteiger partial charge on any atom is -0.381 e. The Morgan fingerprint density at radius 2 is 2.00 bits per heavy atom. The first-order chi connectivity index (χ1) is 10.9. The molecule has 1 fully saturated rings. The number of nitrogens with zero attached hydrogens (tertiary/aromatic N) is 4. The van der Waals surface area contributed by atoms with Crippen LogP contribution >= 0.6 is 0 Å². The summed E-state index contributed by atoms with van der Waals surface area (Å²) in [5.74, 6) is 0.881. The summed E-state index contributed by atoms with van der Waals surface area (Å²) < 4.78 is 29.2. The molecule has 0 aromatic carbocycles. The van der Waals surface area contributed by atoms with E-state index in [-0.39, 0.29) is 0 Å². The minimum absolute atomic E-state index is 0.429. The number of hydrogen-bond acceptors (Lipinski definition) is 6. The third-order valence-corrected chi connectivity index (χ3v) is 5.14. The number of ether oxygens (including phenoxy) is 1. The molecule has 1 aromatic heterocycles. The van der Waals surface area contributed by atoms with Gasteiger partial charge in [0.1, 0.15) is 12.1 Å². The predicted molar refractivity (Wildman–Crippen MR) is 89.7 cm³/mol. The van der Waals surface area contributed by atoms with Crippen LogP contribution in [0.2, 0.25) is 0 Å². The van der Waals surface area contributed by atoms with Gasteiger partial charge in [0.05, 0.1) is 6.26 Å². The van der Waals surface area contributed by atoms with Crippen LogP contribution in [0, 0.1) is 0 Å². The van der Waals surface area contributed by atoms with Crippen molar-refractivity contribution < 1.29 is 13.2 Å². The normalized spacial score (nSPS) is 16.7. The quantitative estimate of drug-likeness (QED) is 0.770. The van der Waals surface area contributed by atoms with Crippen LogP contribution in [0.3, 0.4) is 0 Å². The van der Waals surface area contributed by atoms with Gasteiger partial charge in [-0.25, -0.2) is 18.4 Å². The van der Waals surface area contributed by atoms with E-state index in [1.807, 2.05) is 13.1 Å². The number of allylic oxidation sites excluding steroid dienone is 1. The van der Waals surface area contributed by atoms with Crippen LogP contribution in [0.4, 0.5) is 5.82 Å². The predicted octanol–water partition coefficient (Wildman–Crippen LogP) is 1.04. The standard InChI is InChI=1S/C15H24N4O3S/c1-18(23(3,20)21)8-4-5-13-11-15(17-12-16-13)19(2)14-6-9-22-10-7-14/h4,8,11-12,14H,5-7,9-10H2,1-3H3/b8-4-. The Bertz CT molecular complexity index is 642. The van der Waals surface area contributed by atoms with Crippen LogP contribution in [0.15, 0.2) is 24.7 Å². The highest BCUT2D eigenvalue weighted by Gasteiger charge is 2.19. The summed E-state index contributed by atoms with van der Waals surface area (Å²) in [6.07, 6.45) is 8.58. The molecular formula is C15H24N4O3S. The number of hydrogen-bond donors (Lipinski definition) is 0. The Balaban J connectivity index is 2.00. The molecule has 7 nitrogen and oxygen atoms in total. The van der Waals surface area contributed by atoms with Gasteiger partial charge in [0.25, 0.3) is 0 Å². The second-order valence-electron chi connectivity index (χ2n) is 5.69. The van der Waals surface area contributed by atoms with Gasteiger partial charge in [0.15, 0.2) is 0 Å². The maximum absolute atomic E-state index is 11.3. The zero-order valence-corrected chi connectivity index (χ0v) is 14.7. The molecule has 1 aliphatic rings. The Kier molecular flexibility index (Phi) is 5.95. The maximum atomic E-state index is 11.3. The first-order valence-corrected chi connectivity index (χ1v) is 9.44. The lowest BCUT2D eigenvalue weighted by Crippen LogP contribution is -2.37. The molecule has 0 aliphatic carbocycles. The highest BCUT2D eigenvalue weighted by atomic mass is 32.2. The van der Waals surface area contributed by atoms with Gasteiger partial charge in [-0.2, -0.15) is 0 Å². The van der Waals surface area contributed by atoms with Crippen molar-refractivity contribution in [2.24, 2.45) is 0 Å². The lowest BCUT2D eigenvalue weighted by molar-refractivity contribution is 0.0853. The van der Waals surface area contributed by atoms with Gasteiger partial charge in [0, 0.05) is 57.7 Å². The SMILES string of the molecule is CN(c1cc(C/C=C\N(C)S(C)(=O)=O)ncn1)C1CCOCC1. The van der Waals surface area contributed by atoms with Crippen LogP contribution in [0.1, 0.15) is 18.5 Å². The van der Waals surface area contributed by atoms with Crippen molar-refractivity contribution in [3.63, 3.8) is 0 Å². The highest BCUT2D eigenvalue weighted by Crippen LogP contribution is 2.19. The third kappa shape index (κ3) is 5.18. The summed E-state index contributed by atoms with van der Waals surface area (Å²) >= 11 is 0. The first-order valence-electron chi connectivity index (χ1n) is 7.59. The van der Waals surface area contributed by atoms with Crippen LogP contribution in [0.25, 0.3) is 0 Å². The van der Waals surface area contributed by atoms with E-state index in [0.717, 1.165) is 37.6 Å². The van der Waals surface area contributed by atoms with E-state index < -0.39 is 10.0 Å². The van der Waals surface area contributed by atoms with Crippen molar-refractivity contribution >= 4 is 15.8 Å². The molecule has 0 radical (unpaired) electrons. The number of sulfonamides is 1. The third-order valence-electron chi connectivity index (χ3n) is 3.97. The van der Waals surface area contributed by atoms with Crippen molar-refractivity contribution in [3.8, 4) is 0 Å². The van der Waals surface area contributed by atoms with E-state index >= 15 is 0 Å². The molecule has 0 atom stereocenters. The smallest absolute Gasteiger partial charge is 0.231 e. The lowest BCUT2D eigenvalue weighted by Gasteiger charge is -2.32. The van der Waals surface area contributed by atoms with E-state index in [0.29, 0.717) is 12.5 Å². The Labute approximate surface area is 138 Å². The molecule has 1 aliphatic heterocycles. The maximum Gasteiger partial charge on any atom is 0.231 e. The number of rotatable bonds is 6. The largest absolute Gasteiger partial charge is 0.381 e. The summed E-state index contributed by atoms with van der Waals surface area (Å²) in [5, 5.41) is 0. The number of anilines is 1. The molecule has 1 aromatic rings. The summed E-state index contributed by atoms with van der Waals surface area (Å²) in [5.41, 5.74) is 0.854. The van der Waals surface area contributed by atoms with Gasteiger partial charge in [-0.15, -0.1) is 0 Å². The van der Waals surface area contributed by atoms with E-state index in [4.69, 9.17) is 4.74 Å². The highest BCUT2D eigenvalue weighted by molar-refractivity contribution is 7.88. The molecule has 1 saturated heterocycles. The monoisotopic (exact) mass is 340 g/mol. The Hall–Kier alpha value is -1.67. The zero-order valence-electron chi connectivity index (χ0n) is 13.8. The van der Waals surface area contributed by atoms with E-state index in [1.54, 1.807) is 18.6 Å². The molecule has 0 bridgehead atoms. The molecule has 2 heterocycles. The summed E-state index contributed by atoms with van der Waals surface area (Å²) in [7, 11) is 0.347. The fourth-order valence-corrected chi connectivity index (χ4v) is 2.69. The van der Waals surface area contributed by atoms with Crippen LogP contribution < -0.4 is 4.90 Å². The zero-order chi connectivity index (χ0) is 16.9. The molecule has 0 N–H and O–H groups in total. The van der Waals surface area contributed by atoms with Gasteiger partial charge < -0.3 is 9.64 Å². The molecule has 0 unspecified atom stereocenters. The Morgan fingerprint density at radius 1 is 1.30 bits per heavy atom. The van der Waals surface area contributed by atoms with Gasteiger partial charge >= 0.3 is 0 Å². The van der Waals surface area contributed by atoms with Gasteiger partial charge in [-0.1, -0.05) is 6.08 Å². The minimum atomic E-state index is -3.20. The molecule has 2 rings (SSSR count). The fourth-order valence-electron chi connectivity index (χ4n) is 2.38. The first kappa shape index (κ1) is 17.7. The summed E-state index contributed by atoms with van der Waals surface area (Å²) in [6.45, 7) is 1.57. The van der Waals surface area contributed by atoms with Crippen molar-refractivity contribution in [3.05, 3.63) is 30.4 Å². The van der Waals surface area contributed by atoms with Crippen molar-refractivity contribution in [1.82, 2.24) is 14.3 Å². The number of aromatic nitrogens is 2. The summed E-state index contributed by atoms with van der Waals surface area (Å²) in [6, 6.07) is 2.37.